The molecule has 1 aliphatic rings. The monoisotopic (exact) mass is 503 g/mol. The highest BCUT2D eigenvalue weighted by molar-refractivity contribution is 5.97. The SMILES string of the molecule is CCn1cc2[nH]c(=O)c(-c3nc4c(F)cc(N5CCOCC5)cc4[nH]3)c(NC(C)c3ncccn3)c2n1. The summed E-state index contributed by atoms with van der Waals surface area (Å²) in [6, 6.07) is 4.73. The first-order valence-corrected chi connectivity index (χ1v) is 12.2. The number of nitrogens with one attached hydrogen (secondary N) is 3. The second-order valence-electron chi connectivity index (χ2n) is 8.93. The van der Waals surface area contributed by atoms with Crippen molar-refractivity contribution in [3.05, 3.63) is 58.8 Å². The van der Waals surface area contributed by atoms with Crippen LogP contribution in [0.3, 0.4) is 0 Å². The van der Waals surface area contributed by atoms with Crippen LogP contribution in [0.1, 0.15) is 25.7 Å². The van der Waals surface area contributed by atoms with E-state index in [4.69, 9.17) is 4.74 Å². The smallest absolute Gasteiger partial charge is 0.261 e. The van der Waals surface area contributed by atoms with E-state index in [1.807, 2.05) is 19.9 Å². The van der Waals surface area contributed by atoms with Gasteiger partial charge in [-0.3, -0.25) is 9.48 Å². The summed E-state index contributed by atoms with van der Waals surface area (Å²) in [6.07, 6.45) is 5.10. The molecule has 0 spiro atoms. The van der Waals surface area contributed by atoms with Gasteiger partial charge in [0.1, 0.15) is 28.2 Å². The van der Waals surface area contributed by atoms with Gasteiger partial charge in [-0.1, -0.05) is 0 Å². The van der Waals surface area contributed by atoms with Crippen LogP contribution in [0, 0.1) is 5.82 Å². The molecule has 0 radical (unpaired) electrons. The molecule has 0 aliphatic carbocycles. The molecule has 5 heterocycles. The van der Waals surface area contributed by atoms with E-state index < -0.39 is 5.82 Å². The molecular formula is C25H26FN9O2. The number of H-pyrrole nitrogens is 2. The average Bonchev–Trinajstić information content (AvgIpc) is 3.54. The van der Waals surface area contributed by atoms with Gasteiger partial charge in [-0.2, -0.15) is 5.10 Å². The molecule has 0 bridgehead atoms. The standard InChI is InChI=1S/C25H26FN9O2/c1-3-35-13-18-21(33-35)22(29-14(2)23-27-5-4-6-28-23)19(25(36)31-18)24-30-17-12-15(11-16(26)20(17)32-24)34-7-9-37-10-8-34/h4-6,11-14,29H,3,7-10H2,1-2H3,(H,30,32)(H,31,36). The lowest BCUT2D eigenvalue weighted by molar-refractivity contribution is 0.122. The van der Waals surface area contributed by atoms with Gasteiger partial charge in [-0.25, -0.2) is 19.3 Å². The molecule has 1 aromatic carbocycles. The van der Waals surface area contributed by atoms with Gasteiger partial charge in [-0.05, 0) is 32.0 Å². The molecule has 1 fully saturated rings. The zero-order valence-corrected chi connectivity index (χ0v) is 20.5. The Morgan fingerprint density at radius 1 is 1.14 bits per heavy atom. The number of aromatic nitrogens is 7. The Morgan fingerprint density at radius 2 is 1.92 bits per heavy atom. The van der Waals surface area contributed by atoms with Crippen molar-refractivity contribution in [2.45, 2.75) is 26.4 Å². The maximum atomic E-state index is 15.2. The van der Waals surface area contributed by atoms with Crippen molar-refractivity contribution in [1.82, 2.24) is 34.7 Å². The number of anilines is 2. The first-order chi connectivity index (χ1) is 18.0. The summed E-state index contributed by atoms with van der Waals surface area (Å²) in [7, 11) is 0. The highest BCUT2D eigenvalue weighted by Crippen LogP contribution is 2.33. The zero-order chi connectivity index (χ0) is 25.5. The van der Waals surface area contributed by atoms with Gasteiger partial charge >= 0.3 is 0 Å². The number of hydrogen-bond acceptors (Lipinski definition) is 8. The zero-order valence-electron chi connectivity index (χ0n) is 20.5. The Labute approximate surface area is 210 Å². The van der Waals surface area contributed by atoms with Crippen molar-refractivity contribution in [3.63, 3.8) is 0 Å². The van der Waals surface area contributed by atoms with Gasteiger partial charge in [0.15, 0.2) is 5.82 Å². The Morgan fingerprint density at radius 3 is 2.68 bits per heavy atom. The summed E-state index contributed by atoms with van der Waals surface area (Å²) in [5.74, 6) is 0.336. The quantitative estimate of drug-likeness (QED) is 0.322. The van der Waals surface area contributed by atoms with Gasteiger partial charge in [0.2, 0.25) is 0 Å². The van der Waals surface area contributed by atoms with Gasteiger partial charge in [0.05, 0.1) is 36.0 Å². The number of nitrogens with zero attached hydrogens (tertiary/aromatic N) is 6. The third-order valence-electron chi connectivity index (χ3n) is 6.52. The Balaban J connectivity index is 1.50. The third kappa shape index (κ3) is 4.18. The fourth-order valence-electron chi connectivity index (χ4n) is 4.64. The first-order valence-electron chi connectivity index (χ1n) is 12.2. The van der Waals surface area contributed by atoms with Crippen LogP contribution in [0.25, 0.3) is 33.5 Å². The number of imidazole rings is 1. The molecule has 3 N–H and O–H groups in total. The van der Waals surface area contributed by atoms with E-state index in [9.17, 15) is 4.79 Å². The maximum Gasteiger partial charge on any atom is 0.261 e. The highest BCUT2D eigenvalue weighted by atomic mass is 19.1. The second-order valence-corrected chi connectivity index (χ2v) is 8.93. The molecule has 1 aliphatic heterocycles. The molecule has 0 amide bonds. The Bertz CT molecular complexity index is 1640. The lowest BCUT2D eigenvalue weighted by atomic mass is 10.1. The summed E-state index contributed by atoms with van der Waals surface area (Å²) in [5.41, 5.74) is 2.88. The molecule has 1 atom stereocenters. The van der Waals surface area contributed by atoms with Crippen LogP contribution in [0.15, 0.2) is 41.6 Å². The van der Waals surface area contributed by atoms with Crippen molar-refractivity contribution < 1.29 is 9.13 Å². The first kappa shape index (κ1) is 23.1. The lowest BCUT2D eigenvalue weighted by Crippen LogP contribution is -2.36. The van der Waals surface area contributed by atoms with Crippen LogP contribution in [-0.4, -0.2) is 61.0 Å². The molecule has 11 nitrogen and oxygen atoms in total. The molecule has 4 aromatic heterocycles. The van der Waals surface area contributed by atoms with Crippen LogP contribution in [-0.2, 0) is 11.3 Å². The van der Waals surface area contributed by atoms with Gasteiger partial charge < -0.3 is 24.9 Å². The highest BCUT2D eigenvalue weighted by Gasteiger charge is 2.24. The molecule has 5 aromatic rings. The number of rotatable bonds is 6. The lowest BCUT2D eigenvalue weighted by Gasteiger charge is -2.28. The molecule has 37 heavy (non-hydrogen) atoms. The van der Waals surface area contributed by atoms with Gasteiger partial charge in [0.25, 0.3) is 5.56 Å². The van der Waals surface area contributed by atoms with Crippen LogP contribution < -0.4 is 15.8 Å². The van der Waals surface area contributed by atoms with Crippen LogP contribution in [0.4, 0.5) is 15.8 Å². The Hall–Kier alpha value is -4.32. The predicted octanol–water partition coefficient (Wildman–Crippen LogP) is 3.23. The minimum atomic E-state index is -0.463. The van der Waals surface area contributed by atoms with Gasteiger partial charge in [-0.15, -0.1) is 0 Å². The van der Waals surface area contributed by atoms with Crippen molar-refractivity contribution in [1.29, 1.82) is 0 Å². The second kappa shape index (κ2) is 9.28. The average molecular weight is 504 g/mol. The number of aryl methyl sites for hydroxylation is 1. The number of aromatic amines is 2. The van der Waals surface area contributed by atoms with Crippen molar-refractivity contribution in [2.75, 3.05) is 36.5 Å². The van der Waals surface area contributed by atoms with E-state index in [0.717, 1.165) is 5.69 Å². The number of halogens is 1. The summed E-state index contributed by atoms with van der Waals surface area (Å²) < 4.78 is 22.4. The molecule has 6 rings (SSSR count). The molecular weight excluding hydrogens is 477 g/mol. The molecule has 0 saturated carbocycles. The van der Waals surface area contributed by atoms with E-state index in [0.29, 0.717) is 60.9 Å². The largest absolute Gasteiger partial charge is 0.378 e. The van der Waals surface area contributed by atoms with E-state index >= 15 is 4.39 Å². The van der Waals surface area contributed by atoms with Crippen molar-refractivity contribution in [2.24, 2.45) is 0 Å². The fraction of sp³-hybridized carbons (Fsp3) is 0.320. The summed E-state index contributed by atoms with van der Waals surface area (Å²) >= 11 is 0. The van der Waals surface area contributed by atoms with Crippen molar-refractivity contribution >= 4 is 33.4 Å². The molecule has 12 heteroatoms. The normalized spacial score (nSPS) is 14.9. The van der Waals surface area contributed by atoms with Crippen LogP contribution in [0.2, 0.25) is 0 Å². The maximum absolute atomic E-state index is 15.2. The van der Waals surface area contributed by atoms with E-state index in [1.165, 1.54) is 6.07 Å². The number of morpholine rings is 1. The van der Waals surface area contributed by atoms with Crippen LogP contribution >= 0.6 is 0 Å². The van der Waals surface area contributed by atoms with Crippen LogP contribution in [0.5, 0.6) is 0 Å². The third-order valence-corrected chi connectivity index (χ3v) is 6.52. The van der Waals surface area contributed by atoms with Crippen molar-refractivity contribution in [3.8, 4) is 11.4 Å². The predicted molar refractivity (Wildman–Crippen MR) is 138 cm³/mol. The number of pyridine rings is 1. The minimum absolute atomic E-state index is 0.163. The Kier molecular flexibility index (Phi) is 5.80. The summed E-state index contributed by atoms with van der Waals surface area (Å²) in [5, 5.41) is 8.03. The number of fused-ring (bicyclic) bond motifs is 2. The van der Waals surface area contributed by atoms with E-state index in [2.05, 4.69) is 40.2 Å². The molecule has 1 saturated heterocycles. The minimum Gasteiger partial charge on any atom is -0.378 e. The molecule has 1 unspecified atom stereocenters. The summed E-state index contributed by atoms with van der Waals surface area (Å²) in [6.45, 7) is 7.02. The van der Waals surface area contributed by atoms with E-state index in [1.54, 1.807) is 29.3 Å². The van der Waals surface area contributed by atoms with E-state index in [-0.39, 0.29) is 28.5 Å². The topological polar surface area (TPSA) is 130 Å². The van der Waals surface area contributed by atoms with Gasteiger partial charge in [0, 0.05) is 43.9 Å². The number of benzene rings is 1. The summed E-state index contributed by atoms with van der Waals surface area (Å²) in [4.78, 5) is 34.7. The number of hydrogen-bond donors (Lipinski definition) is 3. The number of ether oxygens (including phenoxy) is 1. The molecule has 190 valence electrons. The fourth-order valence-corrected chi connectivity index (χ4v) is 4.64.